The van der Waals surface area contributed by atoms with Crippen LogP contribution in [0.5, 0.6) is 0 Å². The van der Waals surface area contributed by atoms with Gasteiger partial charge in [0, 0.05) is 17.0 Å². The van der Waals surface area contributed by atoms with Crippen LogP contribution < -0.4 is 0 Å². The van der Waals surface area contributed by atoms with E-state index in [1.807, 2.05) is 48.8 Å². The summed E-state index contributed by atoms with van der Waals surface area (Å²) in [7, 11) is 0. The number of fused-ring (bicyclic) bond motifs is 1. The van der Waals surface area contributed by atoms with E-state index in [-0.39, 0.29) is 36.0 Å². The topological polar surface area (TPSA) is 72.5 Å². The number of Topliss-reactive ketones (excluding diaryl/α,β-unsaturated/α-hetero) is 1. The highest BCUT2D eigenvalue weighted by molar-refractivity contribution is 6.10. The van der Waals surface area contributed by atoms with Gasteiger partial charge in [-0.1, -0.05) is 12.2 Å². The zero-order valence-corrected chi connectivity index (χ0v) is 15.5. The molecule has 4 rings (SSSR count). The molecule has 1 saturated heterocycles. The molecule has 6 nitrogen and oxygen atoms in total. The first-order valence-electron chi connectivity index (χ1n) is 9.20. The minimum atomic E-state index is -0.304. The molecule has 1 fully saturated rings. The summed E-state index contributed by atoms with van der Waals surface area (Å²) in [4.78, 5) is 39.2. The minimum absolute atomic E-state index is 0.185. The van der Waals surface area contributed by atoms with Crippen molar-refractivity contribution in [2.75, 3.05) is 6.54 Å². The number of allylic oxidation sites excluding steroid dienone is 2. The third-order valence-corrected chi connectivity index (χ3v) is 5.67. The molecular formula is C21H22N2O4. The summed E-state index contributed by atoms with van der Waals surface area (Å²) >= 11 is 0. The van der Waals surface area contributed by atoms with E-state index in [2.05, 4.69) is 0 Å². The Bertz CT molecular complexity index is 910. The number of nitrogens with zero attached hydrogens (tertiary/aromatic N) is 2. The van der Waals surface area contributed by atoms with Gasteiger partial charge in [-0.25, -0.2) is 0 Å². The lowest BCUT2D eigenvalue weighted by atomic mass is 9.85. The number of hydrogen-bond acceptors (Lipinski definition) is 4. The Kier molecular flexibility index (Phi) is 4.34. The van der Waals surface area contributed by atoms with Crippen molar-refractivity contribution in [2.45, 2.75) is 33.2 Å². The maximum absolute atomic E-state index is 12.9. The molecule has 2 aromatic rings. The van der Waals surface area contributed by atoms with Gasteiger partial charge in [0.1, 0.15) is 5.76 Å². The predicted molar refractivity (Wildman–Crippen MR) is 98.1 cm³/mol. The molecule has 0 bridgehead atoms. The maximum atomic E-state index is 12.9. The quantitative estimate of drug-likeness (QED) is 0.463. The molecular weight excluding hydrogens is 344 g/mol. The van der Waals surface area contributed by atoms with Gasteiger partial charge in [-0.05, 0) is 44.9 Å². The smallest absolute Gasteiger partial charge is 0.233 e. The average Bonchev–Trinajstić information content (AvgIpc) is 3.34. The third kappa shape index (κ3) is 2.95. The molecule has 2 amide bonds. The second-order valence-corrected chi connectivity index (χ2v) is 7.29. The van der Waals surface area contributed by atoms with Crippen LogP contribution in [-0.2, 0) is 16.1 Å². The van der Waals surface area contributed by atoms with Crippen LogP contribution in [-0.4, -0.2) is 33.6 Å². The zero-order valence-electron chi connectivity index (χ0n) is 15.5. The molecule has 2 aromatic heterocycles. The fourth-order valence-corrected chi connectivity index (χ4v) is 4.14. The molecule has 140 valence electrons. The Morgan fingerprint density at radius 1 is 1.15 bits per heavy atom. The SMILES string of the molecule is Cc1cc(C(=O)CN2C(=O)[C@H]3CC=CC[C@H]3C2=O)c(C)n1Cc1ccco1. The highest BCUT2D eigenvalue weighted by Gasteiger charge is 2.47. The first kappa shape index (κ1) is 17.5. The van der Waals surface area contributed by atoms with Crippen LogP contribution in [0.25, 0.3) is 0 Å². The van der Waals surface area contributed by atoms with Crippen LogP contribution in [0, 0.1) is 25.7 Å². The van der Waals surface area contributed by atoms with Crippen molar-refractivity contribution in [2.24, 2.45) is 11.8 Å². The molecule has 0 radical (unpaired) electrons. The minimum Gasteiger partial charge on any atom is -0.467 e. The molecule has 0 unspecified atom stereocenters. The van der Waals surface area contributed by atoms with Crippen LogP contribution in [0.15, 0.2) is 41.0 Å². The molecule has 0 aromatic carbocycles. The van der Waals surface area contributed by atoms with Gasteiger partial charge >= 0.3 is 0 Å². The second kappa shape index (κ2) is 6.68. The van der Waals surface area contributed by atoms with Gasteiger partial charge in [-0.2, -0.15) is 0 Å². The number of aryl methyl sites for hydroxylation is 1. The number of carbonyl (C=O) groups excluding carboxylic acids is 3. The van der Waals surface area contributed by atoms with Crippen LogP contribution in [0.1, 0.15) is 40.3 Å². The van der Waals surface area contributed by atoms with Crippen molar-refractivity contribution in [1.29, 1.82) is 0 Å². The number of likely N-dealkylation sites (tertiary alicyclic amines) is 1. The largest absolute Gasteiger partial charge is 0.467 e. The van der Waals surface area contributed by atoms with Gasteiger partial charge in [-0.15, -0.1) is 0 Å². The Balaban J connectivity index is 1.54. The van der Waals surface area contributed by atoms with E-state index >= 15 is 0 Å². The van der Waals surface area contributed by atoms with Crippen LogP contribution in [0.4, 0.5) is 0 Å². The van der Waals surface area contributed by atoms with E-state index < -0.39 is 0 Å². The van der Waals surface area contributed by atoms with Gasteiger partial charge in [0.15, 0.2) is 5.78 Å². The molecule has 0 N–H and O–H groups in total. The summed E-state index contributed by atoms with van der Waals surface area (Å²) in [6.45, 7) is 4.16. The lowest BCUT2D eigenvalue weighted by Gasteiger charge is -2.14. The van der Waals surface area contributed by atoms with Crippen molar-refractivity contribution >= 4 is 17.6 Å². The highest BCUT2D eigenvalue weighted by Crippen LogP contribution is 2.35. The number of rotatable bonds is 5. The number of hydrogen-bond donors (Lipinski definition) is 0. The monoisotopic (exact) mass is 366 g/mol. The Morgan fingerprint density at radius 2 is 1.81 bits per heavy atom. The summed E-state index contributed by atoms with van der Waals surface area (Å²) in [5.41, 5.74) is 2.30. The van der Waals surface area contributed by atoms with Crippen molar-refractivity contribution in [1.82, 2.24) is 9.47 Å². The maximum Gasteiger partial charge on any atom is 0.233 e. The molecule has 1 aliphatic heterocycles. The number of imide groups is 1. The van der Waals surface area contributed by atoms with Crippen LogP contribution >= 0.6 is 0 Å². The lowest BCUT2D eigenvalue weighted by molar-refractivity contribution is -0.139. The number of furan rings is 1. The molecule has 6 heteroatoms. The second-order valence-electron chi connectivity index (χ2n) is 7.29. The van der Waals surface area contributed by atoms with Gasteiger partial charge in [0.25, 0.3) is 0 Å². The molecule has 27 heavy (non-hydrogen) atoms. The first-order valence-corrected chi connectivity index (χ1v) is 9.20. The summed E-state index contributed by atoms with van der Waals surface area (Å²) in [5, 5.41) is 0. The Labute approximate surface area is 157 Å². The van der Waals surface area contributed by atoms with E-state index in [1.165, 1.54) is 0 Å². The molecule has 3 heterocycles. The van der Waals surface area contributed by atoms with Crippen molar-refractivity contribution in [3.63, 3.8) is 0 Å². The van der Waals surface area contributed by atoms with Crippen LogP contribution in [0.2, 0.25) is 0 Å². The van der Waals surface area contributed by atoms with Gasteiger partial charge in [-0.3, -0.25) is 19.3 Å². The Morgan fingerprint density at radius 3 is 2.41 bits per heavy atom. The Hall–Kier alpha value is -2.89. The van der Waals surface area contributed by atoms with Gasteiger partial charge in [0.05, 0.1) is 31.2 Å². The zero-order chi connectivity index (χ0) is 19.1. The average molecular weight is 366 g/mol. The summed E-state index contributed by atoms with van der Waals surface area (Å²) < 4.78 is 7.40. The predicted octanol–water partition coefficient (Wildman–Crippen LogP) is 2.88. The number of aromatic nitrogens is 1. The molecule has 0 spiro atoms. The summed E-state index contributed by atoms with van der Waals surface area (Å²) in [6, 6.07) is 5.53. The number of carbonyl (C=O) groups is 3. The fourth-order valence-electron chi connectivity index (χ4n) is 4.14. The van der Waals surface area contributed by atoms with E-state index in [1.54, 1.807) is 6.26 Å². The van der Waals surface area contributed by atoms with E-state index in [4.69, 9.17) is 4.42 Å². The van der Waals surface area contributed by atoms with Crippen molar-refractivity contribution in [3.05, 3.63) is 59.3 Å². The van der Waals surface area contributed by atoms with Crippen LogP contribution in [0.3, 0.4) is 0 Å². The standard InChI is InChI=1S/C21H22N2O4/c1-13-10-18(14(2)22(13)11-15-6-5-9-27-15)19(24)12-23-20(25)16-7-3-4-8-17(16)21(23)26/h3-6,9-10,16-17H,7-8,11-12H2,1-2H3/t16-,17+. The number of amides is 2. The molecule has 0 saturated carbocycles. The highest BCUT2D eigenvalue weighted by atomic mass is 16.3. The van der Waals surface area contributed by atoms with Crippen molar-refractivity contribution in [3.8, 4) is 0 Å². The van der Waals surface area contributed by atoms with Gasteiger partial charge < -0.3 is 8.98 Å². The summed E-state index contributed by atoms with van der Waals surface area (Å²) in [6.07, 6.45) is 6.67. The van der Waals surface area contributed by atoms with Crippen molar-refractivity contribution < 1.29 is 18.8 Å². The molecule has 1 aliphatic carbocycles. The van der Waals surface area contributed by atoms with Gasteiger partial charge in [0.2, 0.25) is 11.8 Å². The molecule has 2 aliphatic rings. The third-order valence-electron chi connectivity index (χ3n) is 5.67. The lowest BCUT2D eigenvalue weighted by Crippen LogP contribution is -2.36. The van der Waals surface area contributed by atoms with E-state index in [9.17, 15) is 14.4 Å². The normalized spacial score (nSPS) is 21.8. The molecule has 2 atom stereocenters. The van der Waals surface area contributed by atoms with E-state index in [0.29, 0.717) is 24.9 Å². The number of ketones is 1. The van der Waals surface area contributed by atoms with E-state index in [0.717, 1.165) is 22.0 Å². The fraction of sp³-hybridized carbons (Fsp3) is 0.381. The first-order chi connectivity index (χ1) is 13.0. The summed E-state index contributed by atoms with van der Waals surface area (Å²) in [5.74, 6) is -0.443.